The zero-order chi connectivity index (χ0) is 14.0. The molecule has 19 heavy (non-hydrogen) atoms. The van der Waals surface area contributed by atoms with Gasteiger partial charge in [-0.2, -0.15) is 0 Å². The number of phenols is 1. The zero-order valence-corrected chi connectivity index (χ0v) is 11.8. The number of rotatable bonds is 5. The van der Waals surface area contributed by atoms with Gasteiger partial charge in [0.2, 0.25) is 0 Å². The summed E-state index contributed by atoms with van der Waals surface area (Å²) in [7, 11) is 2.10. The lowest BCUT2D eigenvalue weighted by Gasteiger charge is -2.24. The number of benzene rings is 1. The maximum absolute atomic E-state index is 12.0. The van der Waals surface area contributed by atoms with Gasteiger partial charge in [-0.3, -0.25) is 9.69 Å². The van der Waals surface area contributed by atoms with E-state index in [1.807, 2.05) is 6.92 Å². The van der Waals surface area contributed by atoms with Crippen molar-refractivity contribution >= 4 is 5.91 Å². The van der Waals surface area contributed by atoms with Crippen LogP contribution >= 0.6 is 0 Å². The van der Waals surface area contributed by atoms with E-state index < -0.39 is 0 Å². The molecule has 1 aromatic carbocycles. The number of amides is 1. The minimum Gasteiger partial charge on any atom is -0.508 e. The summed E-state index contributed by atoms with van der Waals surface area (Å²) in [5, 5.41) is 12.5. The predicted molar refractivity (Wildman–Crippen MR) is 75.4 cm³/mol. The molecule has 1 amide bonds. The lowest BCUT2D eigenvalue weighted by Crippen LogP contribution is -2.41. The Balaban J connectivity index is 1.88. The highest BCUT2D eigenvalue weighted by Gasteiger charge is 2.29. The van der Waals surface area contributed by atoms with Gasteiger partial charge in [0, 0.05) is 24.2 Å². The fraction of sp³-hybridized carbons (Fsp3) is 0.533. The molecule has 0 heterocycles. The van der Waals surface area contributed by atoms with Crippen LogP contribution in [0.25, 0.3) is 0 Å². The van der Waals surface area contributed by atoms with E-state index in [-0.39, 0.29) is 11.7 Å². The summed E-state index contributed by atoms with van der Waals surface area (Å²) in [4.78, 5) is 14.3. The molecule has 1 unspecified atom stereocenters. The van der Waals surface area contributed by atoms with Crippen molar-refractivity contribution in [2.75, 3.05) is 13.6 Å². The Kier molecular flexibility index (Phi) is 4.10. The summed E-state index contributed by atoms with van der Waals surface area (Å²) in [6.45, 7) is 4.55. The van der Waals surface area contributed by atoms with E-state index in [2.05, 4.69) is 24.2 Å². The van der Waals surface area contributed by atoms with E-state index in [0.29, 0.717) is 24.2 Å². The second-order valence-corrected chi connectivity index (χ2v) is 5.46. The third-order valence-electron chi connectivity index (χ3n) is 3.85. The van der Waals surface area contributed by atoms with Gasteiger partial charge in [-0.05, 0) is 51.4 Å². The van der Waals surface area contributed by atoms with Gasteiger partial charge in [-0.1, -0.05) is 6.07 Å². The van der Waals surface area contributed by atoms with Crippen LogP contribution in [0.1, 0.15) is 35.7 Å². The maximum atomic E-state index is 12.0. The van der Waals surface area contributed by atoms with Crippen LogP contribution in [0.5, 0.6) is 5.75 Å². The average molecular weight is 262 g/mol. The fourth-order valence-corrected chi connectivity index (χ4v) is 2.08. The topological polar surface area (TPSA) is 52.6 Å². The van der Waals surface area contributed by atoms with Crippen molar-refractivity contribution in [2.24, 2.45) is 0 Å². The number of hydrogen-bond donors (Lipinski definition) is 2. The smallest absolute Gasteiger partial charge is 0.251 e. The highest BCUT2D eigenvalue weighted by Crippen LogP contribution is 2.26. The Morgan fingerprint density at radius 1 is 1.53 bits per heavy atom. The number of likely N-dealkylation sites (N-methyl/N-ethyl adjacent to an activating group) is 1. The first-order chi connectivity index (χ1) is 8.99. The van der Waals surface area contributed by atoms with E-state index in [1.54, 1.807) is 12.1 Å². The second kappa shape index (κ2) is 5.61. The van der Waals surface area contributed by atoms with Gasteiger partial charge in [-0.25, -0.2) is 0 Å². The number of aryl methyl sites for hydroxylation is 1. The molecule has 2 N–H and O–H groups in total. The number of aromatic hydroxyl groups is 1. The lowest BCUT2D eigenvalue weighted by molar-refractivity contribution is 0.0939. The fourth-order valence-electron chi connectivity index (χ4n) is 2.08. The molecule has 0 spiro atoms. The maximum Gasteiger partial charge on any atom is 0.251 e. The highest BCUT2D eigenvalue weighted by molar-refractivity contribution is 5.94. The number of carbonyl (C=O) groups is 1. The molecule has 0 aliphatic heterocycles. The molecule has 0 radical (unpaired) electrons. The molecule has 104 valence electrons. The van der Waals surface area contributed by atoms with E-state index in [4.69, 9.17) is 0 Å². The first-order valence-electron chi connectivity index (χ1n) is 6.79. The zero-order valence-electron chi connectivity index (χ0n) is 11.8. The summed E-state index contributed by atoms with van der Waals surface area (Å²) in [6, 6.07) is 6.02. The Bertz CT molecular complexity index is 469. The van der Waals surface area contributed by atoms with Crippen LogP contribution in [0, 0.1) is 6.92 Å². The average Bonchev–Trinajstić information content (AvgIpc) is 3.22. The molecule has 2 rings (SSSR count). The molecule has 0 aromatic heterocycles. The third kappa shape index (κ3) is 3.47. The van der Waals surface area contributed by atoms with Crippen LogP contribution < -0.4 is 5.32 Å². The van der Waals surface area contributed by atoms with E-state index in [0.717, 1.165) is 5.56 Å². The van der Waals surface area contributed by atoms with Crippen molar-refractivity contribution in [1.82, 2.24) is 10.2 Å². The van der Waals surface area contributed by atoms with Crippen LogP contribution in [0.4, 0.5) is 0 Å². The SMILES string of the molecule is Cc1ccc(C(=O)NCC(C)N(C)C2CC2)cc1O. The van der Waals surface area contributed by atoms with Gasteiger partial charge in [0.1, 0.15) is 5.75 Å². The molecule has 1 aromatic rings. The number of nitrogens with one attached hydrogen (secondary N) is 1. The second-order valence-electron chi connectivity index (χ2n) is 5.46. The molecular weight excluding hydrogens is 240 g/mol. The molecular formula is C15H22N2O2. The number of phenolic OH excluding ortho intramolecular Hbond substituents is 1. The standard InChI is InChI=1S/C15H22N2O2/c1-10-4-5-12(8-14(10)18)15(19)16-9-11(2)17(3)13-6-7-13/h4-5,8,11,13,18H,6-7,9H2,1-3H3,(H,16,19). The van der Waals surface area contributed by atoms with Gasteiger partial charge < -0.3 is 10.4 Å². The highest BCUT2D eigenvalue weighted by atomic mass is 16.3. The van der Waals surface area contributed by atoms with Crippen LogP contribution in [-0.2, 0) is 0 Å². The molecule has 4 heteroatoms. The van der Waals surface area contributed by atoms with E-state index in [9.17, 15) is 9.90 Å². The van der Waals surface area contributed by atoms with Crippen molar-refractivity contribution in [3.05, 3.63) is 29.3 Å². The minimum absolute atomic E-state index is 0.133. The quantitative estimate of drug-likeness (QED) is 0.852. The molecule has 1 aliphatic carbocycles. The summed E-state index contributed by atoms with van der Waals surface area (Å²) in [5.74, 6) is 0.0298. The number of carbonyl (C=O) groups excluding carboxylic acids is 1. The van der Waals surface area contributed by atoms with Crippen molar-refractivity contribution < 1.29 is 9.90 Å². The molecule has 1 atom stereocenters. The van der Waals surface area contributed by atoms with Crippen molar-refractivity contribution in [2.45, 2.75) is 38.8 Å². The first-order valence-corrected chi connectivity index (χ1v) is 6.79. The normalized spacial score (nSPS) is 16.4. The van der Waals surface area contributed by atoms with Gasteiger partial charge in [0.25, 0.3) is 5.91 Å². The Labute approximate surface area is 114 Å². The van der Waals surface area contributed by atoms with Gasteiger partial charge >= 0.3 is 0 Å². The van der Waals surface area contributed by atoms with Crippen LogP contribution in [0.2, 0.25) is 0 Å². The van der Waals surface area contributed by atoms with Gasteiger partial charge in [0.15, 0.2) is 0 Å². The molecule has 1 fully saturated rings. The first kappa shape index (κ1) is 13.9. The molecule has 0 saturated heterocycles. The lowest BCUT2D eigenvalue weighted by atomic mass is 10.1. The molecule has 1 saturated carbocycles. The number of nitrogens with zero attached hydrogens (tertiary/aromatic N) is 1. The van der Waals surface area contributed by atoms with Crippen molar-refractivity contribution in [1.29, 1.82) is 0 Å². The summed E-state index contributed by atoms with van der Waals surface area (Å²) in [5.41, 5.74) is 1.28. The molecule has 1 aliphatic rings. The van der Waals surface area contributed by atoms with Crippen LogP contribution in [0.15, 0.2) is 18.2 Å². The third-order valence-corrected chi connectivity index (χ3v) is 3.85. The summed E-state index contributed by atoms with van der Waals surface area (Å²) >= 11 is 0. The van der Waals surface area contributed by atoms with E-state index >= 15 is 0 Å². The molecule has 4 nitrogen and oxygen atoms in total. The Morgan fingerprint density at radius 3 is 2.79 bits per heavy atom. The summed E-state index contributed by atoms with van der Waals surface area (Å²) in [6.07, 6.45) is 2.53. The van der Waals surface area contributed by atoms with Crippen LogP contribution in [0.3, 0.4) is 0 Å². The molecule has 0 bridgehead atoms. The van der Waals surface area contributed by atoms with E-state index in [1.165, 1.54) is 18.9 Å². The van der Waals surface area contributed by atoms with Crippen LogP contribution in [-0.4, -0.2) is 41.6 Å². The Morgan fingerprint density at radius 2 is 2.21 bits per heavy atom. The monoisotopic (exact) mass is 262 g/mol. The van der Waals surface area contributed by atoms with Crippen molar-refractivity contribution in [3.63, 3.8) is 0 Å². The van der Waals surface area contributed by atoms with Crippen molar-refractivity contribution in [3.8, 4) is 5.75 Å². The van der Waals surface area contributed by atoms with Gasteiger partial charge in [0.05, 0.1) is 0 Å². The Hall–Kier alpha value is -1.55. The largest absolute Gasteiger partial charge is 0.508 e. The summed E-state index contributed by atoms with van der Waals surface area (Å²) < 4.78 is 0. The predicted octanol–water partition coefficient (Wildman–Crippen LogP) is 1.91. The number of hydrogen-bond acceptors (Lipinski definition) is 3. The minimum atomic E-state index is -0.133. The van der Waals surface area contributed by atoms with Gasteiger partial charge in [-0.15, -0.1) is 0 Å².